The summed E-state index contributed by atoms with van der Waals surface area (Å²) in [5, 5.41) is 6.23. The van der Waals surface area contributed by atoms with E-state index in [9.17, 15) is 14.4 Å². The molecule has 208 valence electrons. The minimum atomic E-state index is -0.810. The van der Waals surface area contributed by atoms with E-state index in [1.54, 1.807) is 24.3 Å². The Labute approximate surface area is 243 Å². The topological polar surface area (TPSA) is 84.9 Å². The van der Waals surface area contributed by atoms with Crippen LogP contribution in [0.1, 0.15) is 24.5 Å². The second-order valence-corrected chi connectivity index (χ2v) is 9.93. The summed E-state index contributed by atoms with van der Waals surface area (Å²) in [6.45, 7) is 2.85. The van der Waals surface area contributed by atoms with Crippen LogP contribution >= 0.6 is 0 Å². The third-order valence-electron chi connectivity index (χ3n) is 7.15. The number of rotatable bonds is 8. The molecule has 6 rings (SSSR count). The van der Waals surface area contributed by atoms with Crippen LogP contribution in [0, 0.1) is 0 Å². The molecule has 1 fully saturated rings. The number of nitrogens with one attached hydrogen (secondary N) is 1. The molecular formula is C35H28N2O5. The Balaban J connectivity index is 1.37. The van der Waals surface area contributed by atoms with Gasteiger partial charge in [0, 0.05) is 5.56 Å². The number of ether oxygens (including phenoxy) is 2. The molecule has 4 amide bonds. The van der Waals surface area contributed by atoms with E-state index in [2.05, 4.69) is 23.5 Å². The quantitative estimate of drug-likeness (QED) is 0.164. The Bertz CT molecular complexity index is 1850. The summed E-state index contributed by atoms with van der Waals surface area (Å²) in [6, 6.07) is 31.4. The van der Waals surface area contributed by atoms with E-state index in [1.165, 1.54) is 6.08 Å². The second-order valence-electron chi connectivity index (χ2n) is 9.93. The fourth-order valence-corrected chi connectivity index (χ4v) is 5.07. The van der Waals surface area contributed by atoms with Gasteiger partial charge in [-0.25, -0.2) is 9.69 Å². The predicted molar refractivity (Wildman–Crippen MR) is 163 cm³/mol. The number of carbonyl (C=O) groups is 3. The van der Waals surface area contributed by atoms with Crippen LogP contribution < -0.4 is 19.7 Å². The summed E-state index contributed by atoms with van der Waals surface area (Å²) in [5.74, 6) is -0.354. The summed E-state index contributed by atoms with van der Waals surface area (Å²) in [7, 11) is 0. The minimum absolute atomic E-state index is 0.174. The molecule has 0 atom stereocenters. The smallest absolute Gasteiger partial charge is 0.335 e. The Hall–Kier alpha value is -5.43. The summed E-state index contributed by atoms with van der Waals surface area (Å²) in [5.41, 5.74) is 1.73. The maximum atomic E-state index is 13.7. The van der Waals surface area contributed by atoms with Crippen molar-refractivity contribution in [1.82, 2.24) is 5.32 Å². The van der Waals surface area contributed by atoms with Crippen molar-refractivity contribution in [2.45, 2.75) is 20.0 Å². The van der Waals surface area contributed by atoms with Gasteiger partial charge in [0.15, 0.2) is 0 Å². The molecule has 42 heavy (non-hydrogen) atoms. The largest absolute Gasteiger partial charge is 0.494 e. The number of imide groups is 2. The third-order valence-corrected chi connectivity index (χ3v) is 7.15. The first kappa shape index (κ1) is 26.8. The number of hydrogen-bond donors (Lipinski definition) is 1. The lowest BCUT2D eigenvalue weighted by Crippen LogP contribution is -2.54. The van der Waals surface area contributed by atoms with Gasteiger partial charge >= 0.3 is 6.03 Å². The molecule has 0 saturated carbocycles. The molecule has 1 saturated heterocycles. The molecule has 0 radical (unpaired) electrons. The van der Waals surface area contributed by atoms with E-state index in [0.717, 1.165) is 38.4 Å². The maximum absolute atomic E-state index is 13.7. The minimum Gasteiger partial charge on any atom is -0.494 e. The molecule has 0 aromatic heterocycles. The predicted octanol–water partition coefficient (Wildman–Crippen LogP) is 7.03. The van der Waals surface area contributed by atoms with Crippen LogP contribution in [0.25, 0.3) is 27.6 Å². The number of barbiturate groups is 1. The van der Waals surface area contributed by atoms with Gasteiger partial charge in [-0.2, -0.15) is 0 Å². The van der Waals surface area contributed by atoms with Crippen LogP contribution in [0.3, 0.4) is 0 Å². The highest BCUT2D eigenvalue weighted by molar-refractivity contribution is 6.39. The van der Waals surface area contributed by atoms with E-state index in [-0.39, 0.29) is 12.2 Å². The number of hydrogen-bond acceptors (Lipinski definition) is 5. The maximum Gasteiger partial charge on any atom is 0.335 e. The lowest BCUT2D eigenvalue weighted by Gasteiger charge is -2.26. The average molecular weight is 557 g/mol. The summed E-state index contributed by atoms with van der Waals surface area (Å²) >= 11 is 0. The number of benzene rings is 5. The number of urea groups is 1. The van der Waals surface area contributed by atoms with Crippen molar-refractivity contribution in [1.29, 1.82) is 0 Å². The van der Waals surface area contributed by atoms with E-state index < -0.39 is 17.8 Å². The van der Waals surface area contributed by atoms with Crippen molar-refractivity contribution in [2.75, 3.05) is 11.5 Å². The van der Waals surface area contributed by atoms with E-state index in [1.807, 2.05) is 67.6 Å². The number of amides is 4. The van der Waals surface area contributed by atoms with Gasteiger partial charge in [-0.1, -0.05) is 79.7 Å². The van der Waals surface area contributed by atoms with Crippen molar-refractivity contribution in [2.24, 2.45) is 0 Å². The van der Waals surface area contributed by atoms with Crippen LogP contribution in [-0.4, -0.2) is 24.5 Å². The molecule has 1 N–H and O–H groups in total. The summed E-state index contributed by atoms with van der Waals surface area (Å²) < 4.78 is 12.0. The van der Waals surface area contributed by atoms with E-state index >= 15 is 0 Å². The molecule has 0 aliphatic carbocycles. The van der Waals surface area contributed by atoms with Crippen molar-refractivity contribution >= 4 is 51.2 Å². The van der Waals surface area contributed by atoms with Crippen molar-refractivity contribution in [3.05, 3.63) is 120 Å². The molecular weight excluding hydrogens is 528 g/mol. The normalized spacial score (nSPS) is 14.5. The summed E-state index contributed by atoms with van der Waals surface area (Å²) in [4.78, 5) is 40.5. The van der Waals surface area contributed by atoms with Gasteiger partial charge in [0.05, 0.1) is 12.3 Å². The van der Waals surface area contributed by atoms with Crippen LogP contribution in [-0.2, 0) is 16.2 Å². The first-order chi connectivity index (χ1) is 20.5. The SMILES string of the molecule is CCCOc1ccc(N2C(=O)NC(=O)/C(=C/c3c(OCc4cccc5ccccc45)ccc4ccccc34)C2=O)cc1. The highest BCUT2D eigenvalue weighted by Gasteiger charge is 2.37. The van der Waals surface area contributed by atoms with Crippen LogP contribution in [0.4, 0.5) is 10.5 Å². The lowest BCUT2D eigenvalue weighted by atomic mass is 9.99. The molecule has 0 unspecified atom stereocenters. The molecule has 5 aromatic carbocycles. The number of nitrogens with zero attached hydrogens (tertiary/aromatic N) is 1. The van der Waals surface area contributed by atoms with Gasteiger partial charge in [-0.15, -0.1) is 0 Å². The monoisotopic (exact) mass is 556 g/mol. The molecule has 0 bridgehead atoms. The van der Waals surface area contributed by atoms with E-state index in [4.69, 9.17) is 9.47 Å². The fraction of sp³-hybridized carbons (Fsp3) is 0.114. The van der Waals surface area contributed by atoms with Gasteiger partial charge in [0.1, 0.15) is 23.7 Å². The first-order valence-corrected chi connectivity index (χ1v) is 13.8. The molecule has 1 aliphatic rings. The van der Waals surface area contributed by atoms with Gasteiger partial charge in [-0.3, -0.25) is 14.9 Å². The molecule has 5 aromatic rings. The highest BCUT2D eigenvalue weighted by Crippen LogP contribution is 2.33. The third kappa shape index (κ3) is 5.20. The Morgan fingerprint density at radius 1 is 0.738 bits per heavy atom. The Morgan fingerprint density at radius 2 is 1.43 bits per heavy atom. The zero-order valence-electron chi connectivity index (χ0n) is 23.0. The van der Waals surface area contributed by atoms with Crippen LogP contribution in [0.5, 0.6) is 11.5 Å². The van der Waals surface area contributed by atoms with Gasteiger partial charge < -0.3 is 9.47 Å². The van der Waals surface area contributed by atoms with Crippen LogP contribution in [0.2, 0.25) is 0 Å². The summed E-state index contributed by atoms with van der Waals surface area (Å²) in [6.07, 6.45) is 2.36. The number of fused-ring (bicyclic) bond motifs is 2. The molecule has 0 spiro atoms. The fourth-order valence-electron chi connectivity index (χ4n) is 5.07. The standard InChI is InChI=1S/C35H28N2O5/c1-2-20-41-27-17-15-26(16-18-27)37-34(39)31(33(38)36-35(37)40)21-30-29-13-6-4-9-24(29)14-19-32(30)42-22-25-11-7-10-23-8-3-5-12-28(23)25/h3-19,21H,2,20,22H2,1H3,(H,36,38,40)/b31-21-. The van der Waals surface area contributed by atoms with E-state index in [0.29, 0.717) is 29.4 Å². The van der Waals surface area contributed by atoms with Crippen LogP contribution in [0.15, 0.2) is 109 Å². The van der Waals surface area contributed by atoms with Crippen molar-refractivity contribution < 1.29 is 23.9 Å². The second kappa shape index (κ2) is 11.6. The van der Waals surface area contributed by atoms with Gasteiger partial charge in [-0.05, 0) is 69.9 Å². The number of anilines is 1. The molecule has 7 heteroatoms. The lowest BCUT2D eigenvalue weighted by molar-refractivity contribution is -0.122. The number of carbonyl (C=O) groups excluding carboxylic acids is 3. The van der Waals surface area contributed by atoms with Crippen molar-refractivity contribution in [3.8, 4) is 11.5 Å². The molecule has 7 nitrogen and oxygen atoms in total. The molecule has 1 heterocycles. The van der Waals surface area contributed by atoms with Gasteiger partial charge in [0.25, 0.3) is 11.8 Å². The Kier molecular flexibility index (Phi) is 7.39. The molecule has 1 aliphatic heterocycles. The van der Waals surface area contributed by atoms with Gasteiger partial charge in [0.2, 0.25) is 0 Å². The zero-order valence-corrected chi connectivity index (χ0v) is 23.0. The van der Waals surface area contributed by atoms with Crippen molar-refractivity contribution in [3.63, 3.8) is 0 Å². The average Bonchev–Trinajstić information content (AvgIpc) is 3.01. The highest BCUT2D eigenvalue weighted by atomic mass is 16.5. The zero-order chi connectivity index (χ0) is 29.1. The Morgan fingerprint density at radius 3 is 2.19 bits per heavy atom. The first-order valence-electron chi connectivity index (χ1n) is 13.8.